The van der Waals surface area contributed by atoms with E-state index in [1.54, 1.807) is 13.1 Å². The SMILES string of the molecule is Cc1[nH]nc(NCc2cnn(CC(C)C)c2)c1C(N)=O. The number of H-pyrrole nitrogens is 1. The van der Waals surface area contributed by atoms with Crippen LogP contribution in [0.25, 0.3) is 0 Å². The number of nitrogens with one attached hydrogen (secondary N) is 2. The molecule has 0 aliphatic rings. The Balaban J connectivity index is 2.02. The highest BCUT2D eigenvalue weighted by Gasteiger charge is 2.15. The third-order valence-electron chi connectivity index (χ3n) is 2.89. The molecule has 7 nitrogen and oxygen atoms in total. The zero-order valence-corrected chi connectivity index (χ0v) is 12.0. The van der Waals surface area contributed by atoms with E-state index in [0.717, 1.165) is 12.1 Å². The van der Waals surface area contributed by atoms with Crippen LogP contribution in [-0.2, 0) is 13.1 Å². The van der Waals surface area contributed by atoms with Gasteiger partial charge in [0.1, 0.15) is 5.56 Å². The molecule has 0 unspecified atom stereocenters. The van der Waals surface area contributed by atoms with E-state index in [4.69, 9.17) is 5.73 Å². The van der Waals surface area contributed by atoms with Crippen molar-refractivity contribution < 1.29 is 4.79 Å². The Kier molecular flexibility index (Phi) is 4.07. The number of aromatic amines is 1. The molecule has 7 heteroatoms. The number of hydrogen-bond acceptors (Lipinski definition) is 4. The molecule has 0 aliphatic heterocycles. The van der Waals surface area contributed by atoms with E-state index in [1.807, 2.05) is 10.9 Å². The van der Waals surface area contributed by atoms with Crippen molar-refractivity contribution >= 4 is 11.7 Å². The molecule has 2 aromatic heterocycles. The molecule has 1 amide bonds. The lowest BCUT2D eigenvalue weighted by molar-refractivity contribution is 0.100. The summed E-state index contributed by atoms with van der Waals surface area (Å²) in [5.74, 6) is 0.534. The van der Waals surface area contributed by atoms with E-state index in [9.17, 15) is 4.79 Å². The molecule has 0 spiro atoms. The lowest BCUT2D eigenvalue weighted by Gasteiger charge is -2.04. The maximum Gasteiger partial charge on any atom is 0.254 e. The van der Waals surface area contributed by atoms with Gasteiger partial charge in [0.15, 0.2) is 5.82 Å². The van der Waals surface area contributed by atoms with Crippen LogP contribution in [0.4, 0.5) is 5.82 Å². The van der Waals surface area contributed by atoms with Gasteiger partial charge in [-0.05, 0) is 12.8 Å². The maximum atomic E-state index is 11.3. The topological polar surface area (TPSA) is 102 Å². The first-order chi connectivity index (χ1) is 9.47. The van der Waals surface area contributed by atoms with Crippen molar-refractivity contribution in [1.29, 1.82) is 0 Å². The second-order valence-corrected chi connectivity index (χ2v) is 5.25. The van der Waals surface area contributed by atoms with E-state index in [1.165, 1.54) is 0 Å². The average Bonchev–Trinajstić information content (AvgIpc) is 2.92. The van der Waals surface area contributed by atoms with Crippen molar-refractivity contribution in [2.75, 3.05) is 5.32 Å². The number of amides is 1. The van der Waals surface area contributed by atoms with Crippen molar-refractivity contribution in [1.82, 2.24) is 20.0 Å². The Morgan fingerprint density at radius 3 is 2.95 bits per heavy atom. The van der Waals surface area contributed by atoms with Gasteiger partial charge in [-0.25, -0.2) is 0 Å². The Hall–Kier alpha value is -2.31. The minimum atomic E-state index is -0.491. The van der Waals surface area contributed by atoms with Crippen LogP contribution in [-0.4, -0.2) is 25.9 Å². The summed E-state index contributed by atoms with van der Waals surface area (Å²) in [5.41, 5.74) is 7.43. The van der Waals surface area contributed by atoms with E-state index in [2.05, 4.69) is 34.5 Å². The molecule has 0 saturated carbocycles. The summed E-state index contributed by atoms with van der Waals surface area (Å²) in [6.07, 6.45) is 3.79. The first-order valence-electron chi connectivity index (χ1n) is 6.57. The number of carbonyl (C=O) groups is 1. The van der Waals surface area contributed by atoms with Gasteiger partial charge < -0.3 is 11.1 Å². The van der Waals surface area contributed by atoms with E-state index in [-0.39, 0.29) is 0 Å². The zero-order valence-electron chi connectivity index (χ0n) is 12.0. The lowest BCUT2D eigenvalue weighted by atomic mass is 10.2. The fourth-order valence-corrected chi connectivity index (χ4v) is 2.02. The summed E-state index contributed by atoms with van der Waals surface area (Å²) in [4.78, 5) is 11.3. The molecule has 20 heavy (non-hydrogen) atoms. The summed E-state index contributed by atoms with van der Waals surface area (Å²) in [5, 5.41) is 14.2. The van der Waals surface area contributed by atoms with Gasteiger partial charge in [-0.1, -0.05) is 13.8 Å². The highest BCUT2D eigenvalue weighted by Crippen LogP contribution is 2.16. The second kappa shape index (κ2) is 5.77. The first-order valence-corrected chi connectivity index (χ1v) is 6.57. The third kappa shape index (κ3) is 3.17. The summed E-state index contributed by atoms with van der Waals surface area (Å²) in [6.45, 7) is 7.48. The minimum absolute atomic E-state index is 0.402. The van der Waals surface area contributed by atoms with Crippen LogP contribution < -0.4 is 11.1 Å². The van der Waals surface area contributed by atoms with Gasteiger partial charge in [0.05, 0.1) is 6.20 Å². The molecule has 2 rings (SSSR count). The molecule has 0 bridgehead atoms. The lowest BCUT2D eigenvalue weighted by Crippen LogP contribution is -2.14. The first kappa shape index (κ1) is 14.1. The van der Waals surface area contributed by atoms with Gasteiger partial charge >= 0.3 is 0 Å². The quantitative estimate of drug-likeness (QED) is 0.739. The molecular weight excluding hydrogens is 256 g/mol. The van der Waals surface area contributed by atoms with Crippen LogP contribution in [0.15, 0.2) is 12.4 Å². The van der Waals surface area contributed by atoms with Crippen LogP contribution in [0.2, 0.25) is 0 Å². The van der Waals surface area contributed by atoms with Gasteiger partial charge in [0, 0.05) is 30.5 Å². The monoisotopic (exact) mass is 276 g/mol. The molecule has 108 valence electrons. The minimum Gasteiger partial charge on any atom is -0.365 e. The largest absolute Gasteiger partial charge is 0.365 e. The number of primary amides is 1. The Labute approximate surface area is 117 Å². The highest BCUT2D eigenvalue weighted by molar-refractivity contribution is 5.98. The molecule has 0 fully saturated rings. The van der Waals surface area contributed by atoms with E-state index < -0.39 is 5.91 Å². The number of anilines is 1. The summed E-state index contributed by atoms with van der Waals surface area (Å²) in [7, 11) is 0. The second-order valence-electron chi connectivity index (χ2n) is 5.25. The van der Waals surface area contributed by atoms with Gasteiger partial charge in [0.2, 0.25) is 0 Å². The number of aromatic nitrogens is 4. The number of rotatable bonds is 6. The predicted molar refractivity (Wildman–Crippen MR) is 76.2 cm³/mol. The number of hydrogen-bond donors (Lipinski definition) is 3. The molecule has 0 aromatic carbocycles. The van der Waals surface area contributed by atoms with Crippen LogP contribution in [0.1, 0.15) is 35.5 Å². The summed E-state index contributed by atoms with van der Waals surface area (Å²) < 4.78 is 1.91. The van der Waals surface area contributed by atoms with Crippen molar-refractivity contribution in [3.63, 3.8) is 0 Å². The Morgan fingerprint density at radius 2 is 2.30 bits per heavy atom. The average molecular weight is 276 g/mol. The van der Waals surface area contributed by atoms with E-state index in [0.29, 0.717) is 29.5 Å². The molecule has 2 aromatic rings. The van der Waals surface area contributed by atoms with Gasteiger partial charge in [-0.3, -0.25) is 14.6 Å². The molecular formula is C13H20N6O. The maximum absolute atomic E-state index is 11.3. The molecule has 0 saturated heterocycles. The fourth-order valence-electron chi connectivity index (χ4n) is 2.02. The fraction of sp³-hybridized carbons (Fsp3) is 0.462. The van der Waals surface area contributed by atoms with Crippen LogP contribution in [0, 0.1) is 12.8 Å². The van der Waals surface area contributed by atoms with Crippen molar-refractivity contribution in [3.05, 3.63) is 29.2 Å². The zero-order chi connectivity index (χ0) is 14.7. The number of aryl methyl sites for hydroxylation is 1. The molecule has 0 aliphatic carbocycles. The van der Waals surface area contributed by atoms with Crippen molar-refractivity contribution in [2.24, 2.45) is 11.7 Å². The van der Waals surface area contributed by atoms with Gasteiger partial charge in [-0.15, -0.1) is 0 Å². The highest BCUT2D eigenvalue weighted by atomic mass is 16.1. The smallest absolute Gasteiger partial charge is 0.254 e. The normalized spacial score (nSPS) is 11.0. The van der Waals surface area contributed by atoms with Crippen molar-refractivity contribution in [2.45, 2.75) is 33.9 Å². The molecule has 0 radical (unpaired) electrons. The Morgan fingerprint density at radius 1 is 1.55 bits per heavy atom. The Bertz CT molecular complexity index is 598. The van der Waals surface area contributed by atoms with Gasteiger partial charge in [-0.2, -0.15) is 10.2 Å². The summed E-state index contributed by atoms with van der Waals surface area (Å²) in [6, 6.07) is 0. The van der Waals surface area contributed by atoms with Crippen molar-refractivity contribution in [3.8, 4) is 0 Å². The standard InChI is InChI=1S/C13H20N6O/c1-8(2)6-19-7-10(5-16-19)4-15-13-11(12(14)20)9(3)17-18-13/h5,7-8H,4,6H2,1-3H3,(H2,14,20)(H2,15,17,18). The molecule has 2 heterocycles. The third-order valence-corrected chi connectivity index (χ3v) is 2.89. The van der Waals surface area contributed by atoms with E-state index >= 15 is 0 Å². The number of nitrogens with two attached hydrogens (primary N) is 1. The number of nitrogens with zero attached hydrogens (tertiary/aromatic N) is 3. The van der Waals surface area contributed by atoms with Gasteiger partial charge in [0.25, 0.3) is 5.91 Å². The predicted octanol–water partition coefficient (Wildman–Crippen LogP) is 1.28. The summed E-state index contributed by atoms with van der Waals surface area (Å²) >= 11 is 0. The van der Waals surface area contributed by atoms with Crippen LogP contribution in [0.5, 0.6) is 0 Å². The van der Waals surface area contributed by atoms with Crippen LogP contribution in [0.3, 0.4) is 0 Å². The van der Waals surface area contributed by atoms with Crippen LogP contribution >= 0.6 is 0 Å². The number of carbonyl (C=O) groups excluding carboxylic acids is 1. The molecule has 0 atom stereocenters. The molecule has 4 N–H and O–H groups in total.